The normalized spacial score (nSPS) is 50.8. The maximum absolute atomic E-state index is 11.1. The van der Waals surface area contributed by atoms with Crippen LogP contribution in [0.15, 0.2) is 0 Å². The minimum absolute atomic E-state index is 0. The Balaban J connectivity index is 0.000000189. The molecule has 8 unspecified atom stereocenters. The second kappa shape index (κ2) is 17.4. The molecule has 9 heteroatoms. The van der Waals surface area contributed by atoms with E-state index < -0.39 is 11.9 Å². The molecule has 0 saturated heterocycles. The monoisotopic (exact) mass is 807 g/mol. The molecule has 8 fully saturated rings. The minimum Gasteiger partial charge on any atom is -0.550 e. The van der Waals surface area contributed by atoms with Crippen LogP contribution in [0.2, 0.25) is 0 Å². The van der Waals surface area contributed by atoms with Gasteiger partial charge in [0.2, 0.25) is 0 Å². The van der Waals surface area contributed by atoms with Gasteiger partial charge in [-0.15, -0.1) is 0 Å². The van der Waals surface area contributed by atoms with Crippen molar-refractivity contribution in [3.63, 3.8) is 0 Å². The SMILES string of the molecule is C[C@H](CCC(=O)[O-])[C@H]1CCC2C3C[C@H](O)C4C[C@H](O)CC[C@]4(C)C3CC[C@@]21C.C[C@H](CCC(=O)[O-])[C@H]1CCC2C3C[C@H](O)C4C[C@H](O)CC[C@]4(C)C3CC[C@@]21C.[Mg+2]. The second-order valence-electron chi connectivity index (χ2n) is 22.7. The molecule has 0 radical (unpaired) electrons. The predicted molar refractivity (Wildman–Crippen MR) is 218 cm³/mol. The summed E-state index contributed by atoms with van der Waals surface area (Å²) >= 11 is 0. The third-order valence-electron chi connectivity index (χ3n) is 20.4. The van der Waals surface area contributed by atoms with Crippen LogP contribution in [0.25, 0.3) is 0 Å². The second-order valence-corrected chi connectivity index (χ2v) is 22.7. The summed E-state index contributed by atoms with van der Waals surface area (Å²) in [6.45, 7) is 14.2. The maximum Gasteiger partial charge on any atom is 2.00 e. The van der Waals surface area contributed by atoms with Gasteiger partial charge in [-0.3, -0.25) is 0 Å². The Hall–Kier alpha value is -0.454. The van der Waals surface area contributed by atoms with Gasteiger partial charge in [0.05, 0.1) is 24.4 Å². The quantitative estimate of drug-likeness (QED) is 0.221. The molecule has 8 nitrogen and oxygen atoms in total. The van der Waals surface area contributed by atoms with Gasteiger partial charge in [0.25, 0.3) is 0 Å². The Kier molecular flexibility index (Phi) is 14.0. The van der Waals surface area contributed by atoms with Crippen LogP contribution in [0.4, 0.5) is 0 Å². The summed E-state index contributed by atoms with van der Waals surface area (Å²) < 4.78 is 0. The molecule has 0 aromatic rings. The molecule has 0 aliphatic heterocycles. The van der Waals surface area contributed by atoms with Crippen molar-refractivity contribution in [1.82, 2.24) is 0 Å². The number of fused-ring (bicyclic) bond motifs is 10. The largest absolute Gasteiger partial charge is 2.00 e. The standard InChI is InChI=1S/2C24H40O4.Mg/c2*1-14(4-7-22(27)28)17-5-6-18-16-13-21(26)20-12-15(25)8-10-24(20,3)19(16)9-11-23(17,18)2;/h2*14-21,25-26H,4-13H2,1-3H3,(H,27,28);/q;;+2/p-2/t2*14-,15-,16?,17-,18?,19?,20?,21+,23-,24-;/m11./s1. The summed E-state index contributed by atoms with van der Waals surface area (Å²) in [6, 6.07) is 0. The molecule has 4 N–H and O–H groups in total. The van der Waals surface area contributed by atoms with E-state index in [2.05, 4.69) is 41.5 Å². The molecule has 57 heavy (non-hydrogen) atoms. The van der Waals surface area contributed by atoms with E-state index in [1.54, 1.807) is 0 Å². The first-order valence-electron chi connectivity index (χ1n) is 23.4. The van der Waals surface area contributed by atoms with Gasteiger partial charge in [0, 0.05) is 11.9 Å². The zero-order valence-electron chi connectivity index (χ0n) is 36.5. The molecule has 20 atom stereocenters. The maximum atomic E-state index is 11.1. The minimum atomic E-state index is -0.927. The van der Waals surface area contributed by atoms with Gasteiger partial charge in [-0.25, -0.2) is 0 Å². The Morgan fingerprint density at radius 3 is 1.19 bits per heavy atom. The molecule has 320 valence electrons. The van der Waals surface area contributed by atoms with Crippen LogP contribution in [0.5, 0.6) is 0 Å². The zero-order valence-corrected chi connectivity index (χ0v) is 37.9. The number of carboxylic acid groups (broad SMARTS) is 2. The van der Waals surface area contributed by atoms with E-state index in [-0.39, 0.29) is 93.8 Å². The number of rotatable bonds is 8. The molecule has 8 saturated carbocycles. The van der Waals surface area contributed by atoms with Crippen LogP contribution in [-0.4, -0.2) is 79.8 Å². The van der Waals surface area contributed by atoms with E-state index in [0.29, 0.717) is 59.2 Å². The van der Waals surface area contributed by atoms with E-state index in [4.69, 9.17) is 0 Å². The Morgan fingerprint density at radius 1 is 0.509 bits per heavy atom. The Morgan fingerprint density at radius 2 is 0.842 bits per heavy atom. The fraction of sp³-hybridized carbons (Fsp3) is 0.958. The van der Waals surface area contributed by atoms with Gasteiger partial charge in [0.1, 0.15) is 0 Å². The topological polar surface area (TPSA) is 161 Å². The van der Waals surface area contributed by atoms with Gasteiger partial charge in [-0.2, -0.15) is 0 Å². The fourth-order valence-corrected chi connectivity index (χ4v) is 17.6. The third kappa shape index (κ3) is 8.18. The fourth-order valence-electron chi connectivity index (χ4n) is 17.6. The third-order valence-corrected chi connectivity index (χ3v) is 20.4. The van der Waals surface area contributed by atoms with Crippen molar-refractivity contribution < 1.29 is 40.2 Å². The summed E-state index contributed by atoms with van der Waals surface area (Å²) in [6.07, 6.45) is 17.8. The average molecular weight is 807 g/mol. The first-order valence-corrected chi connectivity index (χ1v) is 23.4. The van der Waals surface area contributed by atoms with Crippen molar-refractivity contribution in [2.75, 3.05) is 0 Å². The number of carbonyl (C=O) groups excluding carboxylic acids is 2. The van der Waals surface area contributed by atoms with Gasteiger partial charge in [-0.05, 0) is 221 Å². The van der Waals surface area contributed by atoms with Crippen LogP contribution in [-0.2, 0) is 9.59 Å². The molecule has 0 spiro atoms. The van der Waals surface area contributed by atoms with Crippen LogP contribution in [0, 0.1) is 92.7 Å². The number of hydrogen-bond donors (Lipinski definition) is 4. The molecule has 8 aliphatic carbocycles. The number of hydrogen-bond acceptors (Lipinski definition) is 8. The summed E-state index contributed by atoms with van der Waals surface area (Å²) in [4.78, 5) is 21.9. The summed E-state index contributed by atoms with van der Waals surface area (Å²) in [5.74, 6) is 4.50. The number of aliphatic carboxylic acids is 2. The van der Waals surface area contributed by atoms with E-state index in [1.165, 1.54) is 51.4 Å². The number of carboxylic acids is 2. The van der Waals surface area contributed by atoms with E-state index >= 15 is 0 Å². The van der Waals surface area contributed by atoms with Gasteiger partial charge >= 0.3 is 23.1 Å². The molecule has 8 rings (SSSR count). The summed E-state index contributed by atoms with van der Waals surface area (Å²) in [5.41, 5.74) is 0.899. The predicted octanol–water partition coefficient (Wildman–Crippen LogP) is 5.91. The Labute approximate surface area is 360 Å². The number of carbonyl (C=O) groups is 2. The van der Waals surface area contributed by atoms with Crippen molar-refractivity contribution in [3.05, 3.63) is 0 Å². The van der Waals surface area contributed by atoms with Crippen molar-refractivity contribution in [2.45, 2.75) is 194 Å². The van der Waals surface area contributed by atoms with Gasteiger partial charge < -0.3 is 40.2 Å². The van der Waals surface area contributed by atoms with Crippen molar-refractivity contribution >= 4 is 35.0 Å². The van der Waals surface area contributed by atoms with E-state index in [9.17, 15) is 40.2 Å². The van der Waals surface area contributed by atoms with E-state index in [0.717, 1.165) is 64.2 Å². The van der Waals surface area contributed by atoms with E-state index in [1.807, 2.05) is 0 Å². The molecular weight excluding hydrogens is 729 g/mol. The summed E-state index contributed by atoms with van der Waals surface area (Å²) in [7, 11) is 0. The first-order chi connectivity index (χ1) is 26.3. The average Bonchev–Trinajstić information content (AvgIpc) is 3.68. The van der Waals surface area contributed by atoms with Gasteiger partial charge in [-0.1, -0.05) is 41.5 Å². The molecule has 8 aliphatic rings. The van der Waals surface area contributed by atoms with Crippen LogP contribution in [0.1, 0.15) is 170 Å². The molecular formula is C48H78MgO8. The van der Waals surface area contributed by atoms with Crippen LogP contribution < -0.4 is 10.2 Å². The van der Waals surface area contributed by atoms with Crippen LogP contribution in [0.3, 0.4) is 0 Å². The smallest absolute Gasteiger partial charge is 0.550 e. The van der Waals surface area contributed by atoms with Crippen LogP contribution >= 0.6 is 0 Å². The Bertz CT molecular complexity index is 1320. The molecule has 0 heterocycles. The zero-order chi connectivity index (χ0) is 40.5. The number of aliphatic hydroxyl groups excluding tert-OH is 4. The van der Waals surface area contributed by atoms with Gasteiger partial charge in [0.15, 0.2) is 0 Å². The van der Waals surface area contributed by atoms with Crippen molar-refractivity contribution in [3.8, 4) is 0 Å². The molecule has 0 bridgehead atoms. The molecule has 0 aromatic carbocycles. The first kappa shape index (κ1) is 46.1. The number of aliphatic hydroxyl groups is 4. The molecule has 0 amide bonds. The molecule has 0 aromatic heterocycles. The summed E-state index contributed by atoms with van der Waals surface area (Å²) in [5, 5.41) is 64.4. The van der Waals surface area contributed by atoms with Crippen molar-refractivity contribution in [2.24, 2.45) is 92.7 Å². The van der Waals surface area contributed by atoms with Crippen molar-refractivity contribution in [1.29, 1.82) is 0 Å².